The van der Waals surface area contributed by atoms with Crippen molar-refractivity contribution in [2.45, 2.75) is 18.4 Å². The Labute approximate surface area is 118 Å². The van der Waals surface area contributed by atoms with Gasteiger partial charge in [-0.3, -0.25) is 4.52 Å². The van der Waals surface area contributed by atoms with Crippen LogP contribution in [0.1, 0.15) is 11.7 Å². The van der Waals surface area contributed by atoms with Crippen LogP contribution in [0.25, 0.3) is 0 Å². The maximum atomic E-state index is 13.4. The molecule has 0 saturated carbocycles. The highest BCUT2D eigenvalue weighted by Crippen LogP contribution is 2.49. The van der Waals surface area contributed by atoms with Crippen molar-refractivity contribution in [3.63, 3.8) is 0 Å². The molecule has 2 atom stereocenters. The quantitative estimate of drug-likeness (QED) is 0.630. The molecule has 3 rings (SSSR count). The Kier molecular flexibility index (Phi) is 3.71. The summed E-state index contributed by atoms with van der Waals surface area (Å²) in [4.78, 5) is 9.06. The van der Waals surface area contributed by atoms with Gasteiger partial charge in [0.2, 0.25) is 0 Å². The molecule has 21 heavy (non-hydrogen) atoms. The first kappa shape index (κ1) is 14.5. The van der Waals surface area contributed by atoms with Gasteiger partial charge in [-0.25, -0.2) is 14.3 Å². The molecule has 112 valence electrons. The molecule has 2 aliphatic rings. The molecule has 0 bridgehead atoms. The van der Waals surface area contributed by atoms with Crippen molar-refractivity contribution in [2.24, 2.45) is 0 Å². The van der Waals surface area contributed by atoms with Crippen LogP contribution in [0.2, 0.25) is 0 Å². The van der Waals surface area contributed by atoms with Gasteiger partial charge in [-0.05, 0) is 6.07 Å². The summed E-state index contributed by atoms with van der Waals surface area (Å²) in [6, 6.07) is 6.08. The van der Waals surface area contributed by atoms with Crippen LogP contribution in [0.15, 0.2) is 35.6 Å². The van der Waals surface area contributed by atoms with Gasteiger partial charge < -0.3 is 4.74 Å². The van der Waals surface area contributed by atoms with Crippen molar-refractivity contribution < 1.29 is 36.8 Å². The number of hydrogen-bond acceptors (Lipinski definition) is 5. The van der Waals surface area contributed by atoms with Crippen molar-refractivity contribution in [3.8, 4) is 5.75 Å². The summed E-state index contributed by atoms with van der Waals surface area (Å²) in [5.74, 6) is -0.231. The second-order valence-corrected chi connectivity index (χ2v) is 4.70. The SMILES string of the molecule is O=POC1C(C(F)(F)F)=C(C2COO2)Oc2ccccc21. The van der Waals surface area contributed by atoms with Gasteiger partial charge in [0, 0.05) is 5.56 Å². The molecule has 1 aromatic carbocycles. The maximum absolute atomic E-state index is 13.4. The summed E-state index contributed by atoms with van der Waals surface area (Å²) in [5.41, 5.74) is -0.921. The minimum atomic E-state index is -4.73. The molecule has 0 aromatic heterocycles. The van der Waals surface area contributed by atoms with Gasteiger partial charge in [-0.1, -0.05) is 18.2 Å². The summed E-state index contributed by atoms with van der Waals surface area (Å²) in [6.07, 6.45) is -7.24. The van der Waals surface area contributed by atoms with Crippen molar-refractivity contribution in [1.29, 1.82) is 0 Å². The van der Waals surface area contributed by atoms with Gasteiger partial charge in [0.1, 0.15) is 29.8 Å². The second kappa shape index (κ2) is 5.38. The molecule has 0 amide bonds. The van der Waals surface area contributed by atoms with Crippen molar-refractivity contribution in [1.82, 2.24) is 0 Å². The molecular weight excluding hydrogens is 312 g/mol. The fourth-order valence-corrected chi connectivity index (χ4v) is 2.49. The summed E-state index contributed by atoms with van der Waals surface area (Å²) >= 11 is 0. The summed E-state index contributed by atoms with van der Waals surface area (Å²) in [6.45, 7) is -0.0567. The molecular formula is C12H8F3O5P. The third-order valence-corrected chi connectivity index (χ3v) is 3.40. The molecule has 1 aromatic rings. The first-order valence-electron chi connectivity index (χ1n) is 5.87. The van der Waals surface area contributed by atoms with E-state index < -0.39 is 38.4 Å². The minimum Gasteiger partial charge on any atom is -0.458 e. The van der Waals surface area contributed by atoms with E-state index in [0.717, 1.165) is 0 Å². The van der Waals surface area contributed by atoms with Crippen LogP contribution in [0.3, 0.4) is 0 Å². The van der Waals surface area contributed by atoms with Crippen LogP contribution >= 0.6 is 8.69 Å². The van der Waals surface area contributed by atoms with E-state index in [0.29, 0.717) is 0 Å². The van der Waals surface area contributed by atoms with Crippen LogP contribution in [-0.4, -0.2) is 18.9 Å². The number of rotatable bonds is 3. The Morgan fingerprint density at radius 3 is 2.57 bits per heavy atom. The first-order chi connectivity index (χ1) is 10.0. The van der Waals surface area contributed by atoms with E-state index >= 15 is 0 Å². The molecule has 2 unspecified atom stereocenters. The predicted molar refractivity (Wildman–Crippen MR) is 62.4 cm³/mol. The largest absolute Gasteiger partial charge is 0.458 e. The van der Waals surface area contributed by atoms with Gasteiger partial charge in [0.05, 0.1) is 0 Å². The number of fused-ring (bicyclic) bond motifs is 1. The molecule has 0 spiro atoms. The van der Waals surface area contributed by atoms with E-state index in [-0.39, 0.29) is 17.9 Å². The van der Waals surface area contributed by atoms with Crippen LogP contribution < -0.4 is 4.74 Å². The molecule has 1 saturated heterocycles. The number of benzene rings is 1. The van der Waals surface area contributed by atoms with Gasteiger partial charge in [0.15, 0.2) is 6.10 Å². The average Bonchev–Trinajstić information content (AvgIpc) is 2.35. The van der Waals surface area contributed by atoms with Crippen molar-refractivity contribution >= 4 is 8.69 Å². The highest BCUT2D eigenvalue weighted by atomic mass is 31.1. The zero-order chi connectivity index (χ0) is 15.0. The lowest BCUT2D eigenvalue weighted by Gasteiger charge is -2.35. The molecule has 0 N–H and O–H groups in total. The number of ether oxygens (including phenoxy) is 1. The van der Waals surface area contributed by atoms with E-state index in [4.69, 9.17) is 9.26 Å². The number of halogens is 3. The summed E-state index contributed by atoms with van der Waals surface area (Å²) in [7, 11) is -0.862. The Morgan fingerprint density at radius 1 is 1.29 bits per heavy atom. The number of para-hydroxylation sites is 1. The van der Waals surface area contributed by atoms with Gasteiger partial charge in [-0.15, -0.1) is 0 Å². The standard InChI is InChI=1S/C12H8F3O5P/c13-12(14,15)9-10(20-21-16)6-3-1-2-4-7(6)18-11(9)8-5-17-19-8/h1-4,8,10H,5H2. The summed E-state index contributed by atoms with van der Waals surface area (Å²) in [5, 5.41) is 0. The predicted octanol–water partition coefficient (Wildman–Crippen LogP) is 3.49. The third kappa shape index (κ3) is 2.55. The van der Waals surface area contributed by atoms with Gasteiger partial charge >= 0.3 is 14.9 Å². The zero-order valence-electron chi connectivity index (χ0n) is 10.3. The van der Waals surface area contributed by atoms with Crippen LogP contribution in [-0.2, 0) is 18.9 Å². The van der Waals surface area contributed by atoms with E-state index in [1.807, 2.05) is 0 Å². The van der Waals surface area contributed by atoms with Crippen molar-refractivity contribution in [3.05, 3.63) is 41.2 Å². The first-order valence-corrected chi connectivity index (χ1v) is 6.60. The fourth-order valence-electron chi connectivity index (χ4n) is 2.18. The highest BCUT2D eigenvalue weighted by molar-refractivity contribution is 7.17. The van der Waals surface area contributed by atoms with E-state index in [9.17, 15) is 17.7 Å². The lowest BCUT2D eigenvalue weighted by molar-refractivity contribution is -0.418. The topological polar surface area (TPSA) is 54.0 Å². The highest BCUT2D eigenvalue weighted by Gasteiger charge is 2.50. The zero-order valence-corrected chi connectivity index (χ0v) is 11.2. The Bertz CT molecular complexity index is 597. The molecule has 2 heterocycles. The average molecular weight is 320 g/mol. The normalized spacial score (nSPS) is 25.3. The smallest absolute Gasteiger partial charge is 0.418 e. The molecule has 9 heteroatoms. The lowest BCUT2D eigenvalue weighted by Crippen LogP contribution is -2.40. The maximum Gasteiger partial charge on any atom is 0.418 e. The molecule has 0 radical (unpaired) electrons. The lowest BCUT2D eigenvalue weighted by atomic mass is 9.95. The van der Waals surface area contributed by atoms with Gasteiger partial charge in [-0.2, -0.15) is 13.2 Å². The molecule has 1 fully saturated rings. The van der Waals surface area contributed by atoms with E-state index in [1.165, 1.54) is 12.1 Å². The van der Waals surface area contributed by atoms with E-state index in [1.54, 1.807) is 12.1 Å². The molecule has 5 nitrogen and oxygen atoms in total. The minimum absolute atomic E-state index is 0.0567. The third-order valence-electron chi connectivity index (χ3n) is 3.10. The Hall–Kier alpha value is -1.47. The van der Waals surface area contributed by atoms with Crippen LogP contribution in [0.5, 0.6) is 5.75 Å². The Balaban J connectivity index is 2.14. The van der Waals surface area contributed by atoms with Gasteiger partial charge in [0.25, 0.3) is 0 Å². The molecule has 0 aliphatic carbocycles. The van der Waals surface area contributed by atoms with Crippen molar-refractivity contribution in [2.75, 3.05) is 6.61 Å². The summed E-state index contributed by atoms with van der Waals surface area (Å²) < 4.78 is 60.9. The number of alkyl halides is 3. The second-order valence-electron chi connectivity index (χ2n) is 4.34. The fraction of sp³-hybridized carbons (Fsp3) is 0.333. The monoisotopic (exact) mass is 320 g/mol. The molecule has 2 aliphatic heterocycles. The van der Waals surface area contributed by atoms with Crippen LogP contribution in [0.4, 0.5) is 13.2 Å². The number of hydrogen-bond donors (Lipinski definition) is 0. The van der Waals surface area contributed by atoms with E-state index in [2.05, 4.69) is 9.78 Å². The Morgan fingerprint density at radius 2 is 2.00 bits per heavy atom. The van der Waals surface area contributed by atoms with Crippen LogP contribution in [0, 0.1) is 0 Å².